The molecule has 6 heteroatoms. The lowest BCUT2D eigenvalue weighted by Gasteiger charge is -2.11. The van der Waals surface area contributed by atoms with Crippen molar-refractivity contribution in [3.63, 3.8) is 0 Å². The van der Waals surface area contributed by atoms with E-state index in [1.54, 1.807) is 6.20 Å². The number of imidazole rings is 1. The number of anilines is 1. The lowest BCUT2D eigenvalue weighted by atomic mass is 10.0. The summed E-state index contributed by atoms with van der Waals surface area (Å²) in [5.74, 6) is 1.49. The summed E-state index contributed by atoms with van der Waals surface area (Å²) < 4.78 is 2.07. The maximum Gasteiger partial charge on any atom is 0.162 e. The Bertz CT molecular complexity index is 1350. The van der Waals surface area contributed by atoms with Gasteiger partial charge >= 0.3 is 0 Å². The van der Waals surface area contributed by atoms with Crippen LogP contribution in [0.25, 0.3) is 33.8 Å². The van der Waals surface area contributed by atoms with Gasteiger partial charge in [-0.05, 0) is 25.0 Å². The molecular weight excluding hydrogens is 420 g/mol. The highest BCUT2D eigenvalue weighted by molar-refractivity contribution is 5.72. The molecular formula is C28H26N6. The Kier molecular flexibility index (Phi) is 6.38. The minimum atomic E-state index is 0.691. The van der Waals surface area contributed by atoms with Crippen molar-refractivity contribution < 1.29 is 0 Å². The van der Waals surface area contributed by atoms with Crippen LogP contribution in [0.3, 0.4) is 0 Å². The van der Waals surface area contributed by atoms with Crippen molar-refractivity contribution >= 4 is 5.82 Å². The van der Waals surface area contributed by atoms with Gasteiger partial charge in [0.05, 0.1) is 12.0 Å². The largest absolute Gasteiger partial charge is 0.370 e. The molecule has 0 saturated carbocycles. The maximum atomic E-state index is 4.89. The minimum absolute atomic E-state index is 0.691. The molecule has 0 amide bonds. The molecule has 6 nitrogen and oxygen atoms in total. The number of hydrogen-bond donors (Lipinski definition) is 1. The summed E-state index contributed by atoms with van der Waals surface area (Å²) >= 11 is 0. The Morgan fingerprint density at radius 2 is 1.62 bits per heavy atom. The van der Waals surface area contributed by atoms with Crippen LogP contribution in [0.4, 0.5) is 5.82 Å². The first-order valence-electron chi connectivity index (χ1n) is 11.4. The molecule has 0 aliphatic carbocycles. The van der Waals surface area contributed by atoms with Gasteiger partial charge in [-0.3, -0.25) is 4.98 Å². The first-order chi connectivity index (χ1) is 16.7. The molecule has 0 aliphatic heterocycles. The average Bonchev–Trinajstić information content (AvgIpc) is 3.41. The first-order valence-corrected chi connectivity index (χ1v) is 11.4. The van der Waals surface area contributed by atoms with E-state index >= 15 is 0 Å². The summed E-state index contributed by atoms with van der Waals surface area (Å²) in [5, 5.41) is 3.47. The second-order valence-corrected chi connectivity index (χ2v) is 8.24. The van der Waals surface area contributed by atoms with Crippen LogP contribution in [0.2, 0.25) is 0 Å². The summed E-state index contributed by atoms with van der Waals surface area (Å²) in [6.07, 6.45) is 10.3. The Labute approximate surface area is 199 Å². The normalized spacial score (nSPS) is 10.9. The van der Waals surface area contributed by atoms with Gasteiger partial charge in [-0.1, -0.05) is 60.2 Å². The predicted molar refractivity (Wildman–Crippen MR) is 136 cm³/mol. The Balaban J connectivity index is 1.44. The van der Waals surface area contributed by atoms with Crippen LogP contribution >= 0.6 is 0 Å². The van der Waals surface area contributed by atoms with E-state index in [9.17, 15) is 0 Å². The van der Waals surface area contributed by atoms with Crippen LogP contribution in [0.15, 0.2) is 97.8 Å². The fourth-order valence-corrected chi connectivity index (χ4v) is 3.78. The summed E-state index contributed by atoms with van der Waals surface area (Å²) in [4.78, 5) is 18.3. The number of rotatable bonds is 8. The fraction of sp³-hybridized carbons (Fsp3) is 0.143. The van der Waals surface area contributed by atoms with Gasteiger partial charge in [-0.25, -0.2) is 15.0 Å². The molecule has 0 unspecified atom stereocenters. The highest BCUT2D eigenvalue weighted by atomic mass is 15.0. The monoisotopic (exact) mass is 446 g/mol. The van der Waals surface area contributed by atoms with Crippen LogP contribution in [0, 0.1) is 6.92 Å². The molecule has 5 rings (SSSR count). The van der Waals surface area contributed by atoms with Gasteiger partial charge in [0.1, 0.15) is 5.82 Å². The highest BCUT2D eigenvalue weighted by Crippen LogP contribution is 2.27. The molecule has 0 fully saturated rings. The molecule has 3 aromatic heterocycles. The summed E-state index contributed by atoms with van der Waals surface area (Å²) in [7, 11) is 0. The standard InChI is InChI=1S/C28H26N6/c1-21-8-10-22(11-9-21)24-16-25(19-30-18-24)26-17-27(31-12-5-14-34-15-13-29-20-34)33-28(32-26)23-6-3-2-4-7-23/h2-4,6-11,13,15-20H,5,12,14H2,1H3,(H,31,32,33). The van der Waals surface area contributed by atoms with E-state index in [2.05, 4.69) is 57.1 Å². The van der Waals surface area contributed by atoms with E-state index in [0.717, 1.165) is 53.3 Å². The molecule has 5 aromatic rings. The van der Waals surface area contributed by atoms with Gasteiger partial charge in [0, 0.05) is 60.6 Å². The number of aromatic nitrogens is 5. The third-order valence-corrected chi connectivity index (χ3v) is 5.64. The van der Waals surface area contributed by atoms with Crippen LogP contribution in [-0.4, -0.2) is 31.0 Å². The minimum Gasteiger partial charge on any atom is -0.370 e. The van der Waals surface area contributed by atoms with E-state index in [-0.39, 0.29) is 0 Å². The van der Waals surface area contributed by atoms with Gasteiger partial charge in [0.15, 0.2) is 5.82 Å². The topological polar surface area (TPSA) is 68.5 Å². The zero-order valence-corrected chi connectivity index (χ0v) is 19.1. The van der Waals surface area contributed by atoms with E-state index < -0.39 is 0 Å². The van der Waals surface area contributed by atoms with Gasteiger partial charge in [-0.2, -0.15) is 0 Å². The maximum absolute atomic E-state index is 4.89. The van der Waals surface area contributed by atoms with E-state index in [1.165, 1.54) is 5.56 Å². The molecule has 34 heavy (non-hydrogen) atoms. The smallest absolute Gasteiger partial charge is 0.162 e. The van der Waals surface area contributed by atoms with Crippen molar-refractivity contribution in [3.05, 3.63) is 103 Å². The number of aryl methyl sites for hydroxylation is 2. The third kappa shape index (κ3) is 5.18. The molecule has 168 valence electrons. The van der Waals surface area contributed by atoms with Crippen LogP contribution in [-0.2, 0) is 6.54 Å². The number of nitrogens with zero attached hydrogens (tertiary/aromatic N) is 5. The zero-order chi connectivity index (χ0) is 23.2. The molecule has 2 aromatic carbocycles. The summed E-state index contributed by atoms with van der Waals surface area (Å²) in [6, 6.07) is 22.7. The number of benzene rings is 2. The Morgan fingerprint density at radius 3 is 2.41 bits per heavy atom. The fourth-order valence-electron chi connectivity index (χ4n) is 3.78. The first kappa shape index (κ1) is 21.5. The highest BCUT2D eigenvalue weighted by Gasteiger charge is 2.10. The van der Waals surface area contributed by atoms with E-state index in [1.807, 2.05) is 61.3 Å². The Hall–Kier alpha value is -4.32. The zero-order valence-electron chi connectivity index (χ0n) is 19.1. The summed E-state index contributed by atoms with van der Waals surface area (Å²) in [6.45, 7) is 3.79. The number of pyridine rings is 1. The molecule has 0 radical (unpaired) electrons. The van der Waals surface area contributed by atoms with Crippen molar-refractivity contribution in [1.29, 1.82) is 0 Å². The summed E-state index contributed by atoms with van der Waals surface area (Å²) in [5.41, 5.74) is 6.21. The van der Waals surface area contributed by atoms with Crippen molar-refractivity contribution in [2.45, 2.75) is 19.9 Å². The van der Waals surface area contributed by atoms with Crippen molar-refractivity contribution in [2.75, 3.05) is 11.9 Å². The average molecular weight is 447 g/mol. The Morgan fingerprint density at radius 1 is 0.794 bits per heavy atom. The van der Waals surface area contributed by atoms with E-state index in [4.69, 9.17) is 9.97 Å². The van der Waals surface area contributed by atoms with Crippen LogP contribution < -0.4 is 5.32 Å². The predicted octanol–water partition coefficient (Wildman–Crippen LogP) is 5.88. The lowest BCUT2D eigenvalue weighted by molar-refractivity contribution is 0.660. The van der Waals surface area contributed by atoms with Gasteiger partial charge in [0.25, 0.3) is 0 Å². The second-order valence-electron chi connectivity index (χ2n) is 8.24. The number of hydrogen-bond acceptors (Lipinski definition) is 5. The number of nitrogens with one attached hydrogen (secondary N) is 1. The van der Waals surface area contributed by atoms with Crippen LogP contribution in [0.5, 0.6) is 0 Å². The van der Waals surface area contributed by atoms with Gasteiger partial charge in [-0.15, -0.1) is 0 Å². The molecule has 0 spiro atoms. The molecule has 0 bridgehead atoms. The molecule has 0 aliphatic rings. The third-order valence-electron chi connectivity index (χ3n) is 5.64. The quantitative estimate of drug-likeness (QED) is 0.302. The lowest BCUT2D eigenvalue weighted by Crippen LogP contribution is -2.08. The van der Waals surface area contributed by atoms with Crippen molar-refractivity contribution in [1.82, 2.24) is 24.5 Å². The van der Waals surface area contributed by atoms with Crippen molar-refractivity contribution in [3.8, 4) is 33.8 Å². The molecule has 0 saturated heterocycles. The van der Waals surface area contributed by atoms with Gasteiger partial charge in [0.2, 0.25) is 0 Å². The van der Waals surface area contributed by atoms with Gasteiger partial charge < -0.3 is 9.88 Å². The van der Waals surface area contributed by atoms with Crippen molar-refractivity contribution in [2.24, 2.45) is 0 Å². The SMILES string of the molecule is Cc1ccc(-c2cncc(-c3cc(NCCCn4ccnc4)nc(-c4ccccc4)n3)c2)cc1. The van der Waals surface area contributed by atoms with E-state index in [0.29, 0.717) is 5.82 Å². The second kappa shape index (κ2) is 10.1. The molecule has 1 N–H and O–H groups in total. The van der Waals surface area contributed by atoms with Crippen LogP contribution in [0.1, 0.15) is 12.0 Å². The molecule has 0 atom stereocenters. The molecule has 3 heterocycles.